The van der Waals surface area contributed by atoms with Gasteiger partial charge in [-0.15, -0.1) is 0 Å². The van der Waals surface area contributed by atoms with Crippen molar-refractivity contribution in [3.05, 3.63) is 35.9 Å². The zero-order valence-electron chi connectivity index (χ0n) is 11.4. The predicted molar refractivity (Wildman–Crippen MR) is 75.2 cm³/mol. The Morgan fingerprint density at radius 2 is 1.71 bits per heavy atom. The van der Waals surface area contributed by atoms with E-state index in [1.807, 2.05) is 0 Å². The minimum Gasteiger partial charge on any atom is -0.0654 e. The molecule has 1 aromatic carbocycles. The van der Waals surface area contributed by atoms with Crippen molar-refractivity contribution in [2.24, 2.45) is 11.8 Å². The van der Waals surface area contributed by atoms with Crippen LogP contribution < -0.4 is 0 Å². The van der Waals surface area contributed by atoms with Crippen molar-refractivity contribution in [2.75, 3.05) is 0 Å². The van der Waals surface area contributed by atoms with Crippen LogP contribution in [0.15, 0.2) is 30.3 Å². The Labute approximate surface area is 106 Å². The minimum absolute atomic E-state index is 0.749. The maximum absolute atomic E-state index is 2.42. The topological polar surface area (TPSA) is 0 Å². The second-order valence-corrected chi connectivity index (χ2v) is 5.77. The molecule has 0 saturated heterocycles. The fraction of sp³-hybridized carbons (Fsp3) is 0.647. The van der Waals surface area contributed by atoms with E-state index < -0.39 is 0 Å². The molecule has 0 N–H and O–H groups in total. The van der Waals surface area contributed by atoms with Gasteiger partial charge in [0.15, 0.2) is 0 Å². The van der Waals surface area contributed by atoms with Gasteiger partial charge in [0.2, 0.25) is 0 Å². The van der Waals surface area contributed by atoms with Crippen LogP contribution in [0.25, 0.3) is 0 Å². The lowest BCUT2D eigenvalue weighted by Gasteiger charge is -2.32. The predicted octanol–water partition coefficient (Wildman–Crippen LogP) is 5.40. The van der Waals surface area contributed by atoms with Crippen LogP contribution in [-0.2, 0) is 0 Å². The van der Waals surface area contributed by atoms with Crippen molar-refractivity contribution < 1.29 is 0 Å². The first-order valence-corrected chi connectivity index (χ1v) is 7.36. The Morgan fingerprint density at radius 1 is 1.06 bits per heavy atom. The van der Waals surface area contributed by atoms with E-state index in [1.54, 1.807) is 0 Å². The summed E-state index contributed by atoms with van der Waals surface area (Å²) in [6.45, 7) is 4.73. The second-order valence-electron chi connectivity index (χ2n) is 5.77. The van der Waals surface area contributed by atoms with E-state index in [2.05, 4.69) is 44.2 Å². The van der Waals surface area contributed by atoms with Crippen LogP contribution >= 0.6 is 0 Å². The van der Waals surface area contributed by atoms with Crippen LogP contribution in [0.3, 0.4) is 0 Å². The highest BCUT2D eigenvalue weighted by Crippen LogP contribution is 2.39. The fourth-order valence-electron chi connectivity index (χ4n) is 3.41. The third-order valence-electron chi connectivity index (χ3n) is 4.62. The highest BCUT2D eigenvalue weighted by molar-refractivity contribution is 5.19. The molecule has 2 rings (SSSR count). The van der Waals surface area contributed by atoms with Gasteiger partial charge in [0, 0.05) is 0 Å². The third kappa shape index (κ3) is 3.34. The summed E-state index contributed by atoms with van der Waals surface area (Å²) in [7, 11) is 0. The molecule has 94 valence electrons. The molecule has 1 aliphatic carbocycles. The van der Waals surface area contributed by atoms with Crippen molar-refractivity contribution in [3.63, 3.8) is 0 Å². The molecule has 1 fully saturated rings. The first-order chi connectivity index (χ1) is 8.31. The Bertz CT molecular complexity index is 306. The molecule has 1 saturated carbocycles. The standard InChI is InChI=1S/C17H26/c1-3-7-15-10-12-17(13-11-15)14(2)16-8-5-4-6-9-16/h4-6,8-9,14-15,17H,3,7,10-13H2,1-2H3/t14?,15-,17-. The van der Waals surface area contributed by atoms with E-state index in [0.717, 1.165) is 17.8 Å². The molecule has 0 amide bonds. The lowest BCUT2D eigenvalue weighted by Crippen LogP contribution is -2.19. The molecular weight excluding hydrogens is 204 g/mol. The molecular formula is C17H26. The summed E-state index contributed by atoms with van der Waals surface area (Å²) in [6.07, 6.45) is 8.64. The molecule has 0 heteroatoms. The van der Waals surface area contributed by atoms with Crippen LogP contribution in [0.4, 0.5) is 0 Å². The lowest BCUT2D eigenvalue weighted by molar-refractivity contribution is 0.239. The molecule has 0 aliphatic heterocycles. The van der Waals surface area contributed by atoms with Crippen LogP contribution in [0.2, 0.25) is 0 Å². The van der Waals surface area contributed by atoms with E-state index in [-0.39, 0.29) is 0 Å². The number of hydrogen-bond donors (Lipinski definition) is 0. The van der Waals surface area contributed by atoms with Crippen molar-refractivity contribution in [1.29, 1.82) is 0 Å². The minimum atomic E-state index is 0.749. The van der Waals surface area contributed by atoms with E-state index in [0.29, 0.717) is 0 Å². The molecule has 1 aromatic rings. The van der Waals surface area contributed by atoms with E-state index in [1.165, 1.54) is 44.1 Å². The summed E-state index contributed by atoms with van der Waals surface area (Å²) in [4.78, 5) is 0. The largest absolute Gasteiger partial charge is 0.0654 e. The van der Waals surface area contributed by atoms with Crippen LogP contribution in [0, 0.1) is 11.8 Å². The average molecular weight is 230 g/mol. The van der Waals surface area contributed by atoms with Crippen LogP contribution in [0.5, 0.6) is 0 Å². The van der Waals surface area contributed by atoms with Gasteiger partial charge in [0.1, 0.15) is 0 Å². The van der Waals surface area contributed by atoms with Crippen LogP contribution in [0.1, 0.15) is 63.9 Å². The van der Waals surface area contributed by atoms with Crippen molar-refractivity contribution in [1.82, 2.24) is 0 Å². The van der Waals surface area contributed by atoms with Crippen molar-refractivity contribution in [3.8, 4) is 0 Å². The zero-order chi connectivity index (χ0) is 12.1. The summed E-state index contributed by atoms with van der Waals surface area (Å²) in [5, 5.41) is 0. The monoisotopic (exact) mass is 230 g/mol. The van der Waals surface area contributed by atoms with Gasteiger partial charge in [-0.1, -0.05) is 69.9 Å². The third-order valence-corrected chi connectivity index (χ3v) is 4.62. The highest BCUT2D eigenvalue weighted by atomic mass is 14.3. The Balaban J connectivity index is 1.88. The van der Waals surface area contributed by atoms with Gasteiger partial charge in [-0.25, -0.2) is 0 Å². The molecule has 1 unspecified atom stereocenters. The second kappa shape index (κ2) is 6.23. The Hall–Kier alpha value is -0.780. The first-order valence-electron chi connectivity index (χ1n) is 7.36. The Morgan fingerprint density at radius 3 is 2.29 bits per heavy atom. The summed E-state index contributed by atoms with van der Waals surface area (Å²) in [5.41, 5.74) is 1.53. The van der Waals surface area contributed by atoms with Crippen molar-refractivity contribution >= 4 is 0 Å². The normalized spacial score (nSPS) is 26.7. The molecule has 0 spiro atoms. The van der Waals surface area contributed by atoms with Gasteiger partial charge < -0.3 is 0 Å². The van der Waals surface area contributed by atoms with E-state index in [4.69, 9.17) is 0 Å². The quantitative estimate of drug-likeness (QED) is 0.650. The molecule has 0 bridgehead atoms. The number of benzene rings is 1. The SMILES string of the molecule is CCC[C@H]1CC[C@H](C(C)c2ccccc2)CC1. The summed E-state index contributed by atoms with van der Waals surface area (Å²) in [6, 6.07) is 11.1. The molecule has 0 radical (unpaired) electrons. The molecule has 0 nitrogen and oxygen atoms in total. The molecule has 17 heavy (non-hydrogen) atoms. The smallest absolute Gasteiger partial charge is 0.0162 e. The highest BCUT2D eigenvalue weighted by Gasteiger charge is 2.25. The molecule has 0 heterocycles. The molecule has 0 aromatic heterocycles. The van der Waals surface area contributed by atoms with Gasteiger partial charge in [0.05, 0.1) is 0 Å². The maximum atomic E-state index is 2.42. The van der Waals surface area contributed by atoms with Crippen molar-refractivity contribution in [2.45, 2.75) is 58.3 Å². The summed E-state index contributed by atoms with van der Waals surface area (Å²) in [5.74, 6) is 2.70. The number of rotatable bonds is 4. The van der Waals surface area contributed by atoms with E-state index >= 15 is 0 Å². The van der Waals surface area contributed by atoms with Gasteiger partial charge in [-0.3, -0.25) is 0 Å². The number of hydrogen-bond acceptors (Lipinski definition) is 0. The summed E-state index contributed by atoms with van der Waals surface area (Å²) >= 11 is 0. The van der Waals surface area contributed by atoms with Gasteiger partial charge in [-0.05, 0) is 36.2 Å². The summed E-state index contributed by atoms with van der Waals surface area (Å²) < 4.78 is 0. The molecule has 1 atom stereocenters. The fourth-order valence-corrected chi connectivity index (χ4v) is 3.41. The average Bonchev–Trinajstić information content (AvgIpc) is 2.40. The van der Waals surface area contributed by atoms with Gasteiger partial charge in [-0.2, -0.15) is 0 Å². The lowest BCUT2D eigenvalue weighted by atomic mass is 9.73. The van der Waals surface area contributed by atoms with Gasteiger partial charge in [0.25, 0.3) is 0 Å². The Kier molecular flexibility index (Phi) is 4.65. The zero-order valence-corrected chi connectivity index (χ0v) is 11.4. The van der Waals surface area contributed by atoms with Gasteiger partial charge >= 0.3 is 0 Å². The van der Waals surface area contributed by atoms with E-state index in [9.17, 15) is 0 Å². The first kappa shape index (κ1) is 12.7. The van der Waals surface area contributed by atoms with Crippen LogP contribution in [-0.4, -0.2) is 0 Å². The molecule has 1 aliphatic rings. The maximum Gasteiger partial charge on any atom is -0.0162 e.